The summed E-state index contributed by atoms with van der Waals surface area (Å²) in [5, 5.41) is 2.39. The minimum absolute atomic E-state index is 0.0139. The predicted octanol–water partition coefficient (Wildman–Crippen LogP) is 3.80. The van der Waals surface area contributed by atoms with Crippen LogP contribution in [0.1, 0.15) is 27.0 Å². The van der Waals surface area contributed by atoms with Crippen LogP contribution in [0.5, 0.6) is 0 Å². The Labute approximate surface area is 134 Å². The molecule has 0 heterocycles. The third-order valence-corrected chi connectivity index (χ3v) is 3.52. The zero-order valence-corrected chi connectivity index (χ0v) is 12.5. The van der Waals surface area contributed by atoms with E-state index in [9.17, 15) is 26.7 Å². The van der Waals surface area contributed by atoms with Crippen molar-refractivity contribution in [3.05, 3.63) is 64.2 Å². The highest BCUT2D eigenvalue weighted by atomic mass is 19.4. The van der Waals surface area contributed by atoms with E-state index in [4.69, 9.17) is 5.73 Å². The first kappa shape index (κ1) is 17.7. The predicted molar refractivity (Wildman–Crippen MR) is 78.1 cm³/mol. The second-order valence-corrected chi connectivity index (χ2v) is 5.13. The van der Waals surface area contributed by atoms with Crippen molar-refractivity contribution in [2.45, 2.75) is 19.6 Å². The number of benzene rings is 2. The fraction of sp³-hybridized carbons (Fsp3) is 0.188. The molecular weight excluding hydrogens is 331 g/mol. The third kappa shape index (κ3) is 3.64. The monoisotopic (exact) mass is 344 g/mol. The number of nitrogens with one attached hydrogen (secondary N) is 1. The number of carbonyl (C=O) groups excluding carboxylic acids is 1. The molecule has 24 heavy (non-hydrogen) atoms. The van der Waals surface area contributed by atoms with E-state index in [1.807, 2.05) is 0 Å². The van der Waals surface area contributed by atoms with E-state index in [0.717, 1.165) is 5.56 Å². The van der Waals surface area contributed by atoms with Gasteiger partial charge in [0.1, 0.15) is 17.2 Å². The van der Waals surface area contributed by atoms with Crippen molar-refractivity contribution in [3.63, 3.8) is 0 Å². The lowest BCUT2D eigenvalue weighted by Crippen LogP contribution is -2.24. The Balaban J connectivity index is 2.20. The molecule has 2 rings (SSSR count). The molecule has 0 saturated heterocycles. The Hall–Kier alpha value is -2.64. The molecule has 0 saturated carbocycles. The van der Waals surface area contributed by atoms with Crippen molar-refractivity contribution in [1.29, 1.82) is 0 Å². The molecule has 0 aliphatic rings. The molecule has 2 aromatic carbocycles. The quantitative estimate of drug-likeness (QED) is 0.657. The number of hydrogen-bond acceptors (Lipinski definition) is 2. The van der Waals surface area contributed by atoms with Crippen LogP contribution in [0, 0.1) is 18.6 Å². The molecule has 0 aliphatic carbocycles. The molecule has 8 heteroatoms. The topological polar surface area (TPSA) is 55.1 Å². The molecule has 0 atom stereocenters. The maximum absolute atomic E-state index is 13.5. The van der Waals surface area contributed by atoms with E-state index in [1.54, 1.807) is 25.1 Å². The van der Waals surface area contributed by atoms with Gasteiger partial charge in [-0.1, -0.05) is 12.1 Å². The summed E-state index contributed by atoms with van der Waals surface area (Å²) in [7, 11) is 0. The Morgan fingerprint density at radius 3 is 2.29 bits per heavy atom. The van der Waals surface area contributed by atoms with Crippen LogP contribution in [0.4, 0.5) is 27.6 Å². The average Bonchev–Trinajstić information content (AvgIpc) is 2.46. The molecule has 0 aliphatic heterocycles. The van der Waals surface area contributed by atoms with Crippen LogP contribution in [0.3, 0.4) is 0 Å². The number of rotatable bonds is 3. The molecule has 2 aromatic rings. The first-order chi connectivity index (χ1) is 11.1. The van der Waals surface area contributed by atoms with E-state index < -0.39 is 34.8 Å². The van der Waals surface area contributed by atoms with E-state index >= 15 is 0 Å². The zero-order valence-electron chi connectivity index (χ0n) is 12.5. The minimum atomic E-state index is -5.18. The van der Waals surface area contributed by atoms with Crippen LogP contribution >= 0.6 is 0 Å². The highest BCUT2D eigenvalue weighted by molar-refractivity contribution is 5.94. The average molecular weight is 344 g/mol. The van der Waals surface area contributed by atoms with Gasteiger partial charge in [-0.05, 0) is 36.2 Å². The van der Waals surface area contributed by atoms with Gasteiger partial charge in [-0.15, -0.1) is 0 Å². The van der Waals surface area contributed by atoms with Crippen molar-refractivity contribution < 1.29 is 26.7 Å². The molecule has 1 amide bonds. The fourth-order valence-electron chi connectivity index (χ4n) is 2.15. The van der Waals surface area contributed by atoms with Gasteiger partial charge < -0.3 is 11.1 Å². The second kappa shape index (κ2) is 6.46. The Morgan fingerprint density at radius 1 is 1.17 bits per heavy atom. The molecule has 0 aromatic heterocycles. The lowest BCUT2D eigenvalue weighted by Gasteiger charge is -2.12. The summed E-state index contributed by atoms with van der Waals surface area (Å²) in [4.78, 5) is 11.9. The van der Waals surface area contributed by atoms with E-state index in [-0.39, 0.29) is 6.54 Å². The number of hydrogen-bond donors (Lipinski definition) is 2. The minimum Gasteiger partial charge on any atom is -0.399 e. The van der Waals surface area contributed by atoms with Crippen molar-refractivity contribution >= 4 is 11.6 Å². The summed E-state index contributed by atoms with van der Waals surface area (Å²) in [6.45, 7) is 1.74. The standard InChI is InChI=1S/C16H13F5N2O/c1-8-9(3-2-4-13(8)22)7-23-15(24)10-5-11(17)14(12(18)6-10)16(19,20)21/h2-6H,7,22H2,1H3,(H,23,24). The summed E-state index contributed by atoms with van der Waals surface area (Å²) in [5.74, 6) is -4.58. The van der Waals surface area contributed by atoms with Crippen molar-refractivity contribution in [3.8, 4) is 0 Å². The number of alkyl halides is 3. The van der Waals surface area contributed by atoms with Crippen molar-refractivity contribution in [2.75, 3.05) is 5.73 Å². The molecule has 3 nitrogen and oxygen atoms in total. The van der Waals surface area contributed by atoms with Crippen LogP contribution in [-0.4, -0.2) is 5.91 Å². The molecular formula is C16H13F5N2O. The number of amides is 1. The van der Waals surface area contributed by atoms with Gasteiger partial charge in [0, 0.05) is 17.8 Å². The first-order valence-corrected chi connectivity index (χ1v) is 6.79. The van der Waals surface area contributed by atoms with Gasteiger partial charge in [0.25, 0.3) is 5.91 Å². The summed E-state index contributed by atoms with van der Waals surface area (Å²) < 4.78 is 64.5. The van der Waals surface area contributed by atoms with Crippen LogP contribution in [-0.2, 0) is 12.7 Å². The van der Waals surface area contributed by atoms with Gasteiger partial charge in [-0.2, -0.15) is 13.2 Å². The second-order valence-electron chi connectivity index (χ2n) is 5.13. The smallest absolute Gasteiger partial charge is 0.399 e. The van der Waals surface area contributed by atoms with Gasteiger partial charge in [0.15, 0.2) is 0 Å². The number of anilines is 1. The van der Waals surface area contributed by atoms with Crippen LogP contribution in [0.2, 0.25) is 0 Å². The summed E-state index contributed by atoms with van der Waals surface area (Å²) >= 11 is 0. The first-order valence-electron chi connectivity index (χ1n) is 6.79. The molecule has 0 radical (unpaired) electrons. The molecule has 0 fully saturated rings. The molecule has 0 spiro atoms. The van der Waals surface area contributed by atoms with Crippen LogP contribution < -0.4 is 11.1 Å². The number of nitrogen functional groups attached to an aromatic ring is 1. The maximum atomic E-state index is 13.5. The largest absolute Gasteiger partial charge is 0.422 e. The van der Waals surface area contributed by atoms with E-state index in [1.165, 1.54) is 0 Å². The van der Waals surface area contributed by atoms with Gasteiger partial charge in [-0.25, -0.2) is 8.78 Å². The lowest BCUT2D eigenvalue weighted by molar-refractivity contribution is -0.142. The normalized spacial score (nSPS) is 11.4. The summed E-state index contributed by atoms with van der Waals surface area (Å²) in [6, 6.07) is 5.74. The zero-order chi connectivity index (χ0) is 18.1. The van der Waals surface area contributed by atoms with E-state index in [2.05, 4.69) is 5.32 Å². The van der Waals surface area contributed by atoms with E-state index in [0.29, 0.717) is 23.4 Å². The highest BCUT2D eigenvalue weighted by Gasteiger charge is 2.38. The Bertz CT molecular complexity index is 764. The van der Waals surface area contributed by atoms with Gasteiger partial charge in [-0.3, -0.25) is 4.79 Å². The number of halogens is 5. The fourth-order valence-corrected chi connectivity index (χ4v) is 2.15. The Kier molecular flexibility index (Phi) is 4.77. The van der Waals surface area contributed by atoms with Crippen LogP contribution in [0.25, 0.3) is 0 Å². The van der Waals surface area contributed by atoms with Gasteiger partial charge in [0.05, 0.1) is 0 Å². The van der Waals surface area contributed by atoms with Gasteiger partial charge >= 0.3 is 6.18 Å². The Morgan fingerprint density at radius 2 is 1.75 bits per heavy atom. The SMILES string of the molecule is Cc1c(N)cccc1CNC(=O)c1cc(F)c(C(F)(F)F)c(F)c1. The molecule has 0 bridgehead atoms. The third-order valence-electron chi connectivity index (χ3n) is 3.52. The van der Waals surface area contributed by atoms with Crippen LogP contribution in [0.15, 0.2) is 30.3 Å². The van der Waals surface area contributed by atoms with Crippen molar-refractivity contribution in [1.82, 2.24) is 5.32 Å². The molecule has 128 valence electrons. The number of carbonyl (C=O) groups is 1. The highest BCUT2D eigenvalue weighted by Crippen LogP contribution is 2.34. The van der Waals surface area contributed by atoms with Crippen molar-refractivity contribution in [2.24, 2.45) is 0 Å². The molecule has 0 unspecified atom stereocenters. The number of nitrogens with two attached hydrogens (primary N) is 1. The maximum Gasteiger partial charge on any atom is 0.422 e. The summed E-state index contributed by atoms with van der Waals surface area (Å²) in [6.07, 6.45) is -5.18. The van der Waals surface area contributed by atoms with Gasteiger partial charge in [0.2, 0.25) is 0 Å². The summed E-state index contributed by atoms with van der Waals surface area (Å²) in [5.41, 5.74) is 5.06. The lowest BCUT2D eigenvalue weighted by atomic mass is 10.1. The molecule has 3 N–H and O–H groups in total.